The van der Waals surface area contributed by atoms with E-state index in [1.54, 1.807) is 23.1 Å². The summed E-state index contributed by atoms with van der Waals surface area (Å²) in [6.45, 7) is 4.04. The lowest BCUT2D eigenvalue weighted by molar-refractivity contribution is -0.135. The Labute approximate surface area is 135 Å². The topological polar surface area (TPSA) is 90.3 Å². The summed E-state index contributed by atoms with van der Waals surface area (Å²) in [5, 5.41) is 18.0. The van der Waals surface area contributed by atoms with Gasteiger partial charge in [0.05, 0.1) is 25.4 Å². The molecule has 7 heteroatoms. The van der Waals surface area contributed by atoms with E-state index in [-0.39, 0.29) is 25.5 Å². The van der Waals surface area contributed by atoms with Crippen molar-refractivity contribution in [3.8, 4) is 5.75 Å². The molecule has 0 aromatic heterocycles. The normalized spacial score (nSPS) is 13.6. The minimum Gasteiger partial charge on any atom is -0.490 e. The molecule has 0 fully saturated rings. The van der Waals surface area contributed by atoms with Crippen molar-refractivity contribution in [3.63, 3.8) is 0 Å². The Morgan fingerprint density at radius 2 is 2.17 bits per heavy atom. The highest BCUT2D eigenvalue weighted by Crippen LogP contribution is 2.32. The quantitative estimate of drug-likeness (QED) is 0.672. The molecule has 2 N–H and O–H groups in total. The minimum atomic E-state index is -0.922. The maximum atomic E-state index is 12.4. The molecule has 2 rings (SSSR count). The van der Waals surface area contributed by atoms with Gasteiger partial charge < -0.3 is 19.8 Å². The van der Waals surface area contributed by atoms with Crippen LogP contribution in [0.3, 0.4) is 0 Å². The lowest BCUT2D eigenvalue weighted by Crippen LogP contribution is -2.37. The van der Waals surface area contributed by atoms with Crippen molar-refractivity contribution >= 4 is 17.4 Å². The van der Waals surface area contributed by atoms with Crippen LogP contribution in [-0.2, 0) is 4.79 Å². The highest BCUT2D eigenvalue weighted by atomic mass is 16.5. The Bertz CT molecular complexity index is 576. The fraction of sp³-hybridized carbons (Fsp3) is 0.500. The van der Waals surface area contributed by atoms with Gasteiger partial charge >= 0.3 is 5.97 Å². The summed E-state index contributed by atoms with van der Waals surface area (Å²) in [7, 11) is 0. The van der Waals surface area contributed by atoms with Crippen molar-refractivity contribution in [3.05, 3.63) is 23.8 Å². The van der Waals surface area contributed by atoms with Crippen LogP contribution in [0.4, 0.5) is 5.69 Å². The number of likely N-dealkylation sites (N-methyl/N-ethyl adjacent to an activating group) is 1. The summed E-state index contributed by atoms with van der Waals surface area (Å²) < 4.78 is 5.52. The third-order valence-corrected chi connectivity index (χ3v) is 3.80. The maximum Gasteiger partial charge on any atom is 0.323 e. The Morgan fingerprint density at radius 3 is 2.83 bits per heavy atom. The van der Waals surface area contributed by atoms with Crippen molar-refractivity contribution in [2.75, 3.05) is 50.8 Å². The molecular weight excluding hydrogens is 300 g/mol. The van der Waals surface area contributed by atoms with Gasteiger partial charge in [-0.15, -0.1) is 0 Å². The molecule has 0 unspecified atom stereocenters. The standard InChI is InChI=1S/C16H22N2O5/c1-2-17(5-7-19)10-14(20)12-3-4-15-13(9-12)18(6-8-23-15)11-16(21)22/h3-4,9,19H,2,5-8,10-11H2,1H3,(H,21,22). The van der Waals surface area contributed by atoms with E-state index in [1.807, 2.05) is 11.8 Å². The zero-order valence-corrected chi connectivity index (χ0v) is 13.2. The van der Waals surface area contributed by atoms with E-state index in [0.717, 1.165) is 0 Å². The number of anilines is 1. The van der Waals surface area contributed by atoms with Gasteiger partial charge in [-0.05, 0) is 24.7 Å². The van der Waals surface area contributed by atoms with Gasteiger partial charge in [0.2, 0.25) is 0 Å². The number of carboxylic acids is 1. The van der Waals surface area contributed by atoms with E-state index in [4.69, 9.17) is 14.9 Å². The molecule has 0 saturated carbocycles. The lowest BCUT2D eigenvalue weighted by atomic mass is 10.1. The first-order valence-electron chi connectivity index (χ1n) is 7.65. The number of hydrogen-bond donors (Lipinski definition) is 2. The van der Waals surface area contributed by atoms with E-state index in [0.29, 0.717) is 43.2 Å². The van der Waals surface area contributed by atoms with Crippen LogP contribution in [-0.4, -0.2) is 72.8 Å². The summed E-state index contributed by atoms with van der Waals surface area (Å²) in [6.07, 6.45) is 0. The number of aliphatic hydroxyl groups excluding tert-OH is 1. The number of carbonyl (C=O) groups excluding carboxylic acids is 1. The molecule has 0 spiro atoms. The van der Waals surface area contributed by atoms with Crippen molar-refractivity contribution in [1.82, 2.24) is 4.90 Å². The summed E-state index contributed by atoms with van der Waals surface area (Å²) in [6, 6.07) is 5.09. The average Bonchev–Trinajstić information content (AvgIpc) is 2.53. The molecule has 0 saturated heterocycles. The average molecular weight is 322 g/mol. The first-order valence-corrected chi connectivity index (χ1v) is 7.65. The van der Waals surface area contributed by atoms with E-state index in [2.05, 4.69) is 0 Å². The van der Waals surface area contributed by atoms with Gasteiger partial charge in [-0.2, -0.15) is 0 Å². The molecule has 0 atom stereocenters. The van der Waals surface area contributed by atoms with Gasteiger partial charge in [-0.3, -0.25) is 14.5 Å². The summed E-state index contributed by atoms with van der Waals surface area (Å²) >= 11 is 0. The Balaban J connectivity index is 2.18. The number of fused-ring (bicyclic) bond motifs is 1. The number of hydrogen-bond acceptors (Lipinski definition) is 6. The zero-order chi connectivity index (χ0) is 16.8. The number of ketones is 1. The SMILES string of the molecule is CCN(CCO)CC(=O)c1ccc2c(c1)N(CC(=O)O)CCO2. The maximum absolute atomic E-state index is 12.4. The van der Waals surface area contributed by atoms with Gasteiger partial charge in [0.25, 0.3) is 0 Å². The molecule has 1 aromatic rings. The molecule has 0 aliphatic carbocycles. The van der Waals surface area contributed by atoms with Crippen molar-refractivity contribution in [2.45, 2.75) is 6.92 Å². The van der Waals surface area contributed by atoms with Crippen molar-refractivity contribution in [2.24, 2.45) is 0 Å². The predicted molar refractivity (Wildman–Crippen MR) is 85.3 cm³/mol. The predicted octanol–water partition coefficient (Wildman–Crippen LogP) is 0.467. The van der Waals surface area contributed by atoms with Gasteiger partial charge in [-0.1, -0.05) is 6.92 Å². The minimum absolute atomic E-state index is 0.00549. The fourth-order valence-corrected chi connectivity index (χ4v) is 2.56. The summed E-state index contributed by atoms with van der Waals surface area (Å²) in [5.74, 6) is -0.393. The van der Waals surface area contributed by atoms with E-state index in [9.17, 15) is 9.59 Å². The van der Waals surface area contributed by atoms with Gasteiger partial charge in [0.1, 0.15) is 18.9 Å². The third kappa shape index (κ3) is 4.43. The molecular formula is C16H22N2O5. The number of benzene rings is 1. The van der Waals surface area contributed by atoms with Crippen LogP contribution in [0.2, 0.25) is 0 Å². The molecule has 0 bridgehead atoms. The first kappa shape index (κ1) is 17.2. The van der Waals surface area contributed by atoms with Crippen LogP contribution in [0.25, 0.3) is 0 Å². The van der Waals surface area contributed by atoms with Crippen LogP contribution < -0.4 is 9.64 Å². The number of carboxylic acid groups (broad SMARTS) is 1. The molecule has 1 heterocycles. The molecule has 1 aliphatic rings. The van der Waals surface area contributed by atoms with Crippen LogP contribution in [0.5, 0.6) is 5.75 Å². The number of aliphatic carboxylic acids is 1. The molecule has 23 heavy (non-hydrogen) atoms. The first-order chi connectivity index (χ1) is 11.0. The van der Waals surface area contributed by atoms with Gasteiger partial charge in [-0.25, -0.2) is 0 Å². The molecule has 1 aromatic carbocycles. The van der Waals surface area contributed by atoms with Crippen molar-refractivity contribution in [1.29, 1.82) is 0 Å². The fourth-order valence-electron chi connectivity index (χ4n) is 2.56. The second kappa shape index (κ2) is 7.94. The highest BCUT2D eigenvalue weighted by Gasteiger charge is 2.22. The Morgan fingerprint density at radius 1 is 1.39 bits per heavy atom. The second-order valence-corrected chi connectivity index (χ2v) is 5.36. The number of rotatable bonds is 8. The van der Waals surface area contributed by atoms with E-state index < -0.39 is 5.97 Å². The van der Waals surface area contributed by atoms with Gasteiger partial charge in [0, 0.05) is 12.1 Å². The second-order valence-electron chi connectivity index (χ2n) is 5.36. The number of carbonyl (C=O) groups is 2. The number of aliphatic hydroxyl groups is 1. The lowest BCUT2D eigenvalue weighted by Gasteiger charge is -2.30. The molecule has 0 radical (unpaired) electrons. The Hall–Kier alpha value is -2.12. The third-order valence-electron chi connectivity index (χ3n) is 3.80. The largest absolute Gasteiger partial charge is 0.490 e. The molecule has 1 aliphatic heterocycles. The smallest absolute Gasteiger partial charge is 0.323 e. The Kier molecular flexibility index (Phi) is 5.95. The molecule has 0 amide bonds. The number of nitrogens with zero attached hydrogens (tertiary/aromatic N) is 2. The van der Waals surface area contributed by atoms with Gasteiger partial charge in [0.15, 0.2) is 5.78 Å². The van der Waals surface area contributed by atoms with Crippen LogP contribution >= 0.6 is 0 Å². The number of ether oxygens (including phenoxy) is 1. The summed E-state index contributed by atoms with van der Waals surface area (Å²) in [5.41, 5.74) is 1.15. The molecule has 7 nitrogen and oxygen atoms in total. The van der Waals surface area contributed by atoms with Crippen LogP contribution in [0.15, 0.2) is 18.2 Å². The monoisotopic (exact) mass is 322 g/mol. The van der Waals surface area contributed by atoms with Crippen molar-refractivity contribution < 1.29 is 24.5 Å². The van der Waals surface area contributed by atoms with Crippen LogP contribution in [0, 0.1) is 0 Å². The van der Waals surface area contributed by atoms with E-state index >= 15 is 0 Å². The number of Topliss-reactive ketones (excluding diaryl/α,β-unsaturated/α-hetero) is 1. The molecule has 126 valence electrons. The van der Waals surface area contributed by atoms with Crippen LogP contribution in [0.1, 0.15) is 17.3 Å². The highest BCUT2D eigenvalue weighted by molar-refractivity contribution is 5.99. The summed E-state index contributed by atoms with van der Waals surface area (Å²) in [4.78, 5) is 26.9. The zero-order valence-electron chi connectivity index (χ0n) is 13.2. The van der Waals surface area contributed by atoms with E-state index in [1.165, 1.54) is 0 Å².